The summed E-state index contributed by atoms with van der Waals surface area (Å²) in [4.78, 5) is 2.40. The normalized spacial score (nSPS) is 14.6. The summed E-state index contributed by atoms with van der Waals surface area (Å²) >= 11 is 5.95. The highest BCUT2D eigenvalue weighted by molar-refractivity contribution is 6.30. The van der Waals surface area contributed by atoms with Gasteiger partial charge in [0.1, 0.15) is 5.75 Å². The molecule has 104 valence electrons. The highest BCUT2D eigenvalue weighted by Gasteiger charge is 2.17. The van der Waals surface area contributed by atoms with Crippen molar-refractivity contribution in [2.45, 2.75) is 12.8 Å². The Morgan fingerprint density at radius 1 is 0.950 bits per heavy atom. The van der Waals surface area contributed by atoms with E-state index in [0.29, 0.717) is 0 Å². The monoisotopic (exact) mass is 287 g/mol. The average Bonchev–Trinajstić information content (AvgIpc) is 3.01. The second-order valence-electron chi connectivity index (χ2n) is 5.09. The quantitative estimate of drug-likeness (QED) is 0.817. The molecule has 0 saturated carbocycles. The van der Waals surface area contributed by atoms with E-state index in [-0.39, 0.29) is 0 Å². The van der Waals surface area contributed by atoms with Crippen LogP contribution in [0.4, 0.5) is 5.69 Å². The van der Waals surface area contributed by atoms with Gasteiger partial charge in [0.15, 0.2) is 0 Å². The van der Waals surface area contributed by atoms with Gasteiger partial charge in [0.25, 0.3) is 0 Å². The number of ether oxygens (including phenoxy) is 1. The van der Waals surface area contributed by atoms with Crippen LogP contribution in [0.2, 0.25) is 5.02 Å². The Labute approximate surface area is 124 Å². The standard InChI is InChI=1S/C17H18ClNO/c1-20-17-9-6-14(13-4-7-15(18)8-5-13)12-16(17)19-10-2-3-11-19/h4-9,12H,2-3,10-11H2,1H3. The molecule has 1 heterocycles. The van der Waals surface area contributed by atoms with Crippen molar-refractivity contribution in [3.63, 3.8) is 0 Å². The topological polar surface area (TPSA) is 12.5 Å². The molecule has 0 aromatic heterocycles. The van der Waals surface area contributed by atoms with Crippen molar-refractivity contribution in [3.05, 3.63) is 47.5 Å². The van der Waals surface area contributed by atoms with Crippen LogP contribution in [0.3, 0.4) is 0 Å². The van der Waals surface area contributed by atoms with Gasteiger partial charge in [-0.15, -0.1) is 0 Å². The van der Waals surface area contributed by atoms with E-state index in [2.05, 4.69) is 35.2 Å². The Morgan fingerprint density at radius 2 is 1.60 bits per heavy atom. The highest BCUT2D eigenvalue weighted by Crippen LogP contribution is 2.35. The first-order valence-corrected chi connectivity index (χ1v) is 7.34. The number of rotatable bonds is 3. The number of hydrogen-bond donors (Lipinski definition) is 0. The minimum absolute atomic E-state index is 0.766. The third-order valence-corrected chi connectivity index (χ3v) is 4.06. The van der Waals surface area contributed by atoms with E-state index < -0.39 is 0 Å². The van der Waals surface area contributed by atoms with Gasteiger partial charge in [0.2, 0.25) is 0 Å². The summed E-state index contributed by atoms with van der Waals surface area (Å²) in [5, 5.41) is 0.766. The molecule has 0 unspecified atom stereocenters. The predicted octanol–water partition coefficient (Wildman–Crippen LogP) is 4.62. The first-order valence-electron chi connectivity index (χ1n) is 6.97. The molecule has 0 aliphatic carbocycles. The zero-order valence-electron chi connectivity index (χ0n) is 11.6. The Kier molecular flexibility index (Phi) is 3.83. The van der Waals surface area contributed by atoms with Gasteiger partial charge in [-0.05, 0) is 48.2 Å². The number of halogens is 1. The van der Waals surface area contributed by atoms with E-state index >= 15 is 0 Å². The van der Waals surface area contributed by atoms with E-state index in [1.54, 1.807) is 7.11 Å². The SMILES string of the molecule is COc1ccc(-c2ccc(Cl)cc2)cc1N1CCCC1. The molecule has 2 aromatic rings. The Bertz CT molecular complexity index is 588. The summed E-state index contributed by atoms with van der Waals surface area (Å²) in [6.07, 6.45) is 2.52. The number of benzene rings is 2. The van der Waals surface area contributed by atoms with Crippen LogP contribution in [-0.2, 0) is 0 Å². The maximum Gasteiger partial charge on any atom is 0.142 e. The van der Waals surface area contributed by atoms with E-state index in [4.69, 9.17) is 16.3 Å². The summed E-state index contributed by atoms with van der Waals surface area (Å²) in [6, 6.07) is 14.3. The van der Waals surface area contributed by atoms with E-state index in [1.165, 1.54) is 29.7 Å². The van der Waals surface area contributed by atoms with Crippen LogP contribution in [0.25, 0.3) is 11.1 Å². The fraction of sp³-hybridized carbons (Fsp3) is 0.294. The number of anilines is 1. The molecule has 2 aromatic carbocycles. The second kappa shape index (κ2) is 5.76. The van der Waals surface area contributed by atoms with Crippen LogP contribution in [0.1, 0.15) is 12.8 Å². The molecule has 0 radical (unpaired) electrons. The zero-order valence-corrected chi connectivity index (χ0v) is 12.4. The summed E-state index contributed by atoms with van der Waals surface area (Å²) in [5.41, 5.74) is 3.57. The van der Waals surface area contributed by atoms with Gasteiger partial charge in [-0.2, -0.15) is 0 Å². The van der Waals surface area contributed by atoms with Gasteiger partial charge in [-0.25, -0.2) is 0 Å². The molecule has 0 bridgehead atoms. The van der Waals surface area contributed by atoms with Gasteiger partial charge < -0.3 is 9.64 Å². The maximum atomic E-state index is 5.95. The Balaban J connectivity index is 2.00. The lowest BCUT2D eigenvalue weighted by atomic mass is 10.0. The summed E-state index contributed by atoms with van der Waals surface area (Å²) < 4.78 is 5.50. The van der Waals surface area contributed by atoms with Crippen molar-refractivity contribution in [1.29, 1.82) is 0 Å². The lowest BCUT2D eigenvalue weighted by molar-refractivity contribution is 0.415. The van der Waals surface area contributed by atoms with Crippen molar-refractivity contribution < 1.29 is 4.74 Å². The highest BCUT2D eigenvalue weighted by atomic mass is 35.5. The third kappa shape index (κ3) is 2.61. The molecule has 20 heavy (non-hydrogen) atoms. The van der Waals surface area contributed by atoms with Crippen LogP contribution in [0, 0.1) is 0 Å². The molecular weight excluding hydrogens is 270 g/mol. The molecule has 0 atom stereocenters. The molecule has 0 amide bonds. The molecule has 1 aliphatic heterocycles. The molecule has 3 rings (SSSR count). The number of methoxy groups -OCH3 is 1. The smallest absolute Gasteiger partial charge is 0.142 e. The van der Waals surface area contributed by atoms with Gasteiger partial charge in [0, 0.05) is 18.1 Å². The van der Waals surface area contributed by atoms with Crippen molar-refractivity contribution in [3.8, 4) is 16.9 Å². The van der Waals surface area contributed by atoms with E-state index in [9.17, 15) is 0 Å². The van der Waals surface area contributed by atoms with Crippen LogP contribution in [0.15, 0.2) is 42.5 Å². The first-order chi connectivity index (χ1) is 9.78. The molecule has 2 nitrogen and oxygen atoms in total. The Hall–Kier alpha value is -1.67. The summed E-state index contributed by atoms with van der Waals surface area (Å²) in [5.74, 6) is 0.949. The van der Waals surface area contributed by atoms with Crippen LogP contribution < -0.4 is 9.64 Å². The van der Waals surface area contributed by atoms with Crippen molar-refractivity contribution in [1.82, 2.24) is 0 Å². The molecule has 1 saturated heterocycles. The molecule has 1 aliphatic rings. The molecule has 0 N–H and O–H groups in total. The lowest BCUT2D eigenvalue weighted by Crippen LogP contribution is -2.18. The lowest BCUT2D eigenvalue weighted by Gasteiger charge is -2.21. The zero-order chi connectivity index (χ0) is 13.9. The number of nitrogens with zero attached hydrogens (tertiary/aromatic N) is 1. The van der Waals surface area contributed by atoms with E-state index in [0.717, 1.165) is 23.9 Å². The van der Waals surface area contributed by atoms with Crippen molar-refractivity contribution >= 4 is 17.3 Å². The minimum atomic E-state index is 0.766. The largest absolute Gasteiger partial charge is 0.495 e. The minimum Gasteiger partial charge on any atom is -0.495 e. The van der Waals surface area contributed by atoms with Crippen LogP contribution >= 0.6 is 11.6 Å². The van der Waals surface area contributed by atoms with Crippen LogP contribution in [0.5, 0.6) is 5.75 Å². The van der Waals surface area contributed by atoms with Crippen molar-refractivity contribution in [2.24, 2.45) is 0 Å². The summed E-state index contributed by atoms with van der Waals surface area (Å²) in [6.45, 7) is 2.22. The molecule has 0 spiro atoms. The second-order valence-corrected chi connectivity index (χ2v) is 5.52. The first kappa shape index (κ1) is 13.3. The van der Waals surface area contributed by atoms with Gasteiger partial charge >= 0.3 is 0 Å². The fourth-order valence-corrected chi connectivity index (χ4v) is 2.84. The third-order valence-electron chi connectivity index (χ3n) is 3.80. The van der Waals surface area contributed by atoms with Crippen LogP contribution in [-0.4, -0.2) is 20.2 Å². The Morgan fingerprint density at radius 3 is 2.25 bits per heavy atom. The molecule has 3 heteroatoms. The van der Waals surface area contributed by atoms with E-state index in [1.807, 2.05) is 12.1 Å². The van der Waals surface area contributed by atoms with Gasteiger partial charge in [0.05, 0.1) is 12.8 Å². The molecule has 1 fully saturated rings. The summed E-state index contributed by atoms with van der Waals surface area (Å²) in [7, 11) is 1.73. The molecular formula is C17H18ClNO. The fourth-order valence-electron chi connectivity index (χ4n) is 2.72. The van der Waals surface area contributed by atoms with Crippen molar-refractivity contribution in [2.75, 3.05) is 25.1 Å². The predicted molar refractivity (Wildman–Crippen MR) is 84.9 cm³/mol. The van der Waals surface area contributed by atoms with Gasteiger partial charge in [-0.1, -0.05) is 29.8 Å². The number of hydrogen-bond acceptors (Lipinski definition) is 2. The maximum absolute atomic E-state index is 5.95. The van der Waals surface area contributed by atoms with Gasteiger partial charge in [-0.3, -0.25) is 0 Å². The average molecular weight is 288 g/mol.